The molecule has 3 aliphatic heterocycles. The number of benzene rings is 2. The summed E-state index contributed by atoms with van der Waals surface area (Å²) in [5.41, 5.74) is 1.94. The van der Waals surface area contributed by atoms with E-state index in [-0.39, 0.29) is 37.3 Å². The summed E-state index contributed by atoms with van der Waals surface area (Å²) in [6.45, 7) is 1.98. The third-order valence-corrected chi connectivity index (χ3v) is 15.5. The number of amides is 6. The highest BCUT2D eigenvalue weighted by Crippen LogP contribution is 2.41. The molecule has 0 radical (unpaired) electrons. The van der Waals surface area contributed by atoms with Crippen LogP contribution in [0.25, 0.3) is 21.8 Å². The first-order valence-corrected chi connectivity index (χ1v) is 24.7. The topological polar surface area (TPSA) is 210 Å². The summed E-state index contributed by atoms with van der Waals surface area (Å²) >= 11 is 0. The molecule has 5 heterocycles. The lowest BCUT2D eigenvalue weighted by Gasteiger charge is -2.39. The number of hydrogen-bond donors (Lipinski definition) is 6. The van der Waals surface area contributed by atoms with Crippen molar-refractivity contribution in [3.8, 4) is 0 Å². The maximum Gasteiger partial charge on any atom is 0.247 e. The lowest BCUT2D eigenvalue weighted by Crippen LogP contribution is -2.66. The Bertz CT molecular complexity index is 2470. The molecular weight excluding hydrogens is 867 g/mol. The first-order chi connectivity index (χ1) is 33.1. The molecule has 9 rings (SSSR count). The van der Waals surface area contributed by atoms with E-state index in [0.717, 1.165) is 58.6 Å². The zero-order valence-corrected chi connectivity index (χ0v) is 39.4. The zero-order chi connectivity index (χ0) is 47.4. The number of aromatic amines is 2. The molecule has 2 saturated carbocycles. The van der Waals surface area contributed by atoms with Crippen molar-refractivity contribution in [2.45, 2.75) is 125 Å². The van der Waals surface area contributed by atoms with E-state index >= 15 is 28.8 Å². The van der Waals surface area contributed by atoms with Gasteiger partial charge in [0, 0.05) is 93.5 Å². The first kappa shape index (κ1) is 47.3. The number of nitrogens with zero attached hydrogens (tertiary/aromatic N) is 3. The number of methoxy groups -OCH3 is 2. The molecule has 6 amide bonds. The summed E-state index contributed by atoms with van der Waals surface area (Å²) in [4.78, 5) is 103. The smallest absolute Gasteiger partial charge is 0.247 e. The number of aromatic nitrogens is 2. The molecule has 5 aliphatic rings. The van der Waals surface area contributed by atoms with Crippen LogP contribution in [0.2, 0.25) is 0 Å². The van der Waals surface area contributed by atoms with Gasteiger partial charge in [0.05, 0.1) is 13.2 Å². The van der Waals surface area contributed by atoms with Gasteiger partial charge >= 0.3 is 0 Å². The highest BCUT2D eigenvalue weighted by atomic mass is 16.5. The molecule has 3 saturated heterocycles. The number of H-pyrrole nitrogens is 2. The number of ether oxygens (including phenoxy) is 2. The second-order valence-corrected chi connectivity index (χ2v) is 19.6. The van der Waals surface area contributed by atoms with Gasteiger partial charge in [0.2, 0.25) is 35.4 Å². The van der Waals surface area contributed by atoms with Crippen LogP contribution in [0.5, 0.6) is 0 Å². The molecule has 2 aromatic carbocycles. The van der Waals surface area contributed by atoms with Crippen LogP contribution in [0.3, 0.4) is 0 Å². The third-order valence-electron chi connectivity index (χ3n) is 15.5. The lowest BCUT2D eigenvalue weighted by atomic mass is 9.84. The summed E-state index contributed by atoms with van der Waals surface area (Å²) in [5.74, 6) is -2.63. The van der Waals surface area contributed by atoms with Crippen molar-refractivity contribution < 1.29 is 38.2 Å². The summed E-state index contributed by atoms with van der Waals surface area (Å²) in [5, 5.41) is 14.2. The second-order valence-electron chi connectivity index (χ2n) is 19.6. The standard InChI is InChI=1S/C51H67N9O8/c1-67-24-22-58(23-25-68-2)31-41-48(64)59-21-11-18-43(59)49(65)60-42-17-8-3-12-32(42)28-44(60)47(63)54-40(27-34-30-53-38-16-7-5-14-36(34)38)46(62)57-51(19-9-10-20-51)50(66)56-39(45(61)55-41)26-33-29-52-37-15-6-4-13-35(33)37/h4-7,13-16,29-30,32,39-44,52-53H,3,8-12,17-28,31H2,1-2H3,(H,54,63)(H,55,61)(H,56,66)(H,57,62)/t32-,39+,40+,41+,42-,43-,44-/m1/s1. The van der Waals surface area contributed by atoms with E-state index in [1.807, 2.05) is 65.8 Å². The number of carbonyl (C=O) groups is 6. The van der Waals surface area contributed by atoms with Gasteiger partial charge < -0.3 is 50.5 Å². The molecule has 68 heavy (non-hydrogen) atoms. The van der Waals surface area contributed by atoms with Gasteiger partial charge in [-0.25, -0.2) is 0 Å². The second kappa shape index (κ2) is 20.8. The fourth-order valence-corrected chi connectivity index (χ4v) is 11.9. The van der Waals surface area contributed by atoms with Crippen LogP contribution >= 0.6 is 0 Å². The van der Waals surface area contributed by atoms with Crippen LogP contribution in [0.1, 0.15) is 81.8 Å². The molecule has 5 fully saturated rings. The number of carbonyl (C=O) groups excluding carboxylic acids is 6. The minimum absolute atomic E-state index is 0.0760. The molecular formula is C51H67N9O8. The predicted octanol–water partition coefficient (Wildman–Crippen LogP) is 3.08. The van der Waals surface area contributed by atoms with Gasteiger partial charge in [-0.3, -0.25) is 33.7 Å². The lowest BCUT2D eigenvalue weighted by molar-refractivity contribution is -0.150. The monoisotopic (exact) mass is 934 g/mol. The number of rotatable bonds is 12. The van der Waals surface area contributed by atoms with Gasteiger partial charge in [0.1, 0.15) is 35.7 Å². The van der Waals surface area contributed by atoms with Crippen LogP contribution in [-0.2, 0) is 51.1 Å². The maximum atomic E-state index is 15.3. The van der Waals surface area contributed by atoms with E-state index in [1.54, 1.807) is 24.0 Å². The molecule has 7 atom stereocenters. The van der Waals surface area contributed by atoms with E-state index in [9.17, 15) is 0 Å². The van der Waals surface area contributed by atoms with Gasteiger partial charge in [0.15, 0.2) is 0 Å². The fraction of sp³-hybridized carbons (Fsp3) is 0.569. The van der Waals surface area contributed by atoms with Crippen molar-refractivity contribution in [2.75, 3.05) is 53.6 Å². The first-order valence-electron chi connectivity index (χ1n) is 24.7. The molecule has 4 aromatic rings. The van der Waals surface area contributed by atoms with Gasteiger partial charge in [0.25, 0.3) is 0 Å². The molecule has 364 valence electrons. The summed E-state index contributed by atoms with van der Waals surface area (Å²) in [7, 11) is 3.20. The largest absolute Gasteiger partial charge is 0.383 e. The predicted molar refractivity (Wildman–Crippen MR) is 255 cm³/mol. The Morgan fingerprint density at radius 3 is 1.90 bits per heavy atom. The third kappa shape index (κ3) is 9.74. The number of para-hydroxylation sites is 2. The van der Waals surface area contributed by atoms with Crippen molar-refractivity contribution in [1.82, 2.24) is 45.9 Å². The van der Waals surface area contributed by atoms with E-state index in [4.69, 9.17) is 9.47 Å². The molecule has 2 aromatic heterocycles. The highest BCUT2D eigenvalue weighted by Gasteiger charge is 2.52. The Labute approximate surface area is 397 Å². The van der Waals surface area contributed by atoms with Crippen molar-refractivity contribution in [3.63, 3.8) is 0 Å². The van der Waals surface area contributed by atoms with Crippen LogP contribution in [0, 0.1) is 5.92 Å². The fourth-order valence-electron chi connectivity index (χ4n) is 11.9. The molecule has 6 N–H and O–H groups in total. The van der Waals surface area contributed by atoms with Crippen LogP contribution in [0.15, 0.2) is 60.9 Å². The average Bonchev–Trinajstić information content (AvgIpc) is 4.22. The van der Waals surface area contributed by atoms with E-state index < -0.39 is 65.3 Å². The van der Waals surface area contributed by atoms with Gasteiger partial charge in [-0.2, -0.15) is 0 Å². The summed E-state index contributed by atoms with van der Waals surface area (Å²) in [6, 6.07) is 10.1. The normalized spacial score (nSPS) is 27.2. The van der Waals surface area contributed by atoms with E-state index in [0.29, 0.717) is 77.8 Å². The van der Waals surface area contributed by atoms with Gasteiger partial charge in [-0.15, -0.1) is 0 Å². The van der Waals surface area contributed by atoms with Gasteiger partial charge in [-0.1, -0.05) is 62.1 Å². The summed E-state index contributed by atoms with van der Waals surface area (Å²) < 4.78 is 10.9. The number of nitrogens with one attached hydrogen (secondary N) is 6. The van der Waals surface area contributed by atoms with Crippen LogP contribution in [-0.4, -0.2) is 156 Å². The van der Waals surface area contributed by atoms with Gasteiger partial charge in [-0.05, 0) is 74.1 Å². The maximum absolute atomic E-state index is 15.3. The quantitative estimate of drug-likeness (QED) is 0.123. The van der Waals surface area contributed by atoms with Crippen LogP contribution < -0.4 is 21.3 Å². The average molecular weight is 934 g/mol. The molecule has 1 spiro atoms. The van der Waals surface area contributed by atoms with E-state index in [2.05, 4.69) is 31.2 Å². The van der Waals surface area contributed by atoms with Crippen LogP contribution in [0.4, 0.5) is 0 Å². The van der Waals surface area contributed by atoms with Crippen molar-refractivity contribution in [1.29, 1.82) is 0 Å². The minimum Gasteiger partial charge on any atom is -0.383 e. The SMILES string of the molecule is COCCN(CCOC)C[C@@H]1NC(=O)[C@H](Cc2c[nH]c3ccccc23)NC(=O)C2(CCCC2)NC(=O)[C@H](Cc2c[nH]c3ccccc23)NC(=O)[C@H]2C[C@H]3CCCC[C@H]3N2C(=O)[C@H]2CCCN2C1=O. The molecule has 0 unspecified atom stereocenters. The Morgan fingerprint density at radius 2 is 1.25 bits per heavy atom. The Balaban J connectivity index is 1.13. The Kier molecular flexibility index (Phi) is 14.5. The molecule has 0 bridgehead atoms. The molecule has 2 aliphatic carbocycles. The number of fused-ring (bicyclic) bond motifs is 6. The van der Waals surface area contributed by atoms with Crippen molar-refractivity contribution >= 4 is 57.2 Å². The number of hydrogen-bond acceptors (Lipinski definition) is 9. The molecule has 17 nitrogen and oxygen atoms in total. The Hall–Kier alpha value is -5.78. The Morgan fingerprint density at radius 1 is 0.647 bits per heavy atom. The van der Waals surface area contributed by atoms with Crippen molar-refractivity contribution in [2.24, 2.45) is 5.92 Å². The molecule has 17 heteroatoms. The zero-order valence-electron chi connectivity index (χ0n) is 39.4. The van der Waals surface area contributed by atoms with E-state index in [1.165, 1.54) is 0 Å². The highest BCUT2D eigenvalue weighted by molar-refractivity contribution is 6.00. The van der Waals surface area contributed by atoms with Crippen molar-refractivity contribution in [3.05, 3.63) is 72.1 Å². The minimum atomic E-state index is -1.40. The summed E-state index contributed by atoms with van der Waals surface area (Å²) in [6.07, 6.45) is 10.7.